The van der Waals surface area contributed by atoms with Crippen LogP contribution in [0.4, 0.5) is 0 Å². The average molecular weight is 354 g/mol. The van der Waals surface area contributed by atoms with Crippen LogP contribution in [0.15, 0.2) is 39.8 Å². The van der Waals surface area contributed by atoms with Crippen molar-refractivity contribution >= 4 is 5.96 Å². The van der Waals surface area contributed by atoms with Gasteiger partial charge in [-0.3, -0.25) is 4.99 Å². The van der Waals surface area contributed by atoms with Gasteiger partial charge in [0.15, 0.2) is 11.7 Å². The number of ether oxygens (including phenoxy) is 1. The molecule has 6 heteroatoms. The van der Waals surface area contributed by atoms with E-state index in [1.54, 1.807) is 7.05 Å². The zero-order chi connectivity index (χ0) is 18.0. The number of aryl methyl sites for hydroxylation is 1. The van der Waals surface area contributed by atoms with Gasteiger partial charge in [0.1, 0.15) is 11.4 Å². The number of aliphatic imine (C=N–C) groups is 1. The third-order valence-electron chi connectivity index (χ3n) is 5.35. The van der Waals surface area contributed by atoms with Gasteiger partial charge in [0.05, 0.1) is 18.3 Å². The number of benzene rings is 1. The summed E-state index contributed by atoms with van der Waals surface area (Å²) >= 11 is 0. The normalized spacial score (nSPS) is 21.3. The highest BCUT2D eigenvalue weighted by Crippen LogP contribution is 2.46. The first-order valence-corrected chi connectivity index (χ1v) is 9.35. The molecule has 1 spiro atoms. The van der Waals surface area contributed by atoms with Gasteiger partial charge in [0.2, 0.25) is 0 Å². The van der Waals surface area contributed by atoms with E-state index in [2.05, 4.69) is 39.0 Å². The second-order valence-electron chi connectivity index (χ2n) is 7.29. The number of hydrogen-bond donors (Lipinski definition) is 2. The predicted molar refractivity (Wildman–Crippen MR) is 100 cm³/mol. The van der Waals surface area contributed by atoms with Crippen LogP contribution >= 0.6 is 0 Å². The fourth-order valence-corrected chi connectivity index (χ4v) is 4.10. The van der Waals surface area contributed by atoms with Crippen molar-refractivity contribution in [1.29, 1.82) is 0 Å². The Morgan fingerprint density at radius 1 is 1.31 bits per heavy atom. The standard InChI is InChI=1S/C20H26N4O2/c1-14-11-15(26-24-14)13-22-19(21-2)23-17-12-20(9-5-6-10-20)25-18-8-4-3-7-16(17)18/h3-4,7-8,11,17H,5-6,9-10,12-13H2,1-2H3,(H2,21,22,23). The molecule has 2 N–H and O–H groups in total. The molecule has 1 atom stereocenters. The van der Waals surface area contributed by atoms with E-state index in [0.717, 1.165) is 42.4 Å². The van der Waals surface area contributed by atoms with Crippen LogP contribution < -0.4 is 15.4 Å². The van der Waals surface area contributed by atoms with E-state index >= 15 is 0 Å². The van der Waals surface area contributed by atoms with Crippen LogP contribution in [0.2, 0.25) is 0 Å². The largest absolute Gasteiger partial charge is 0.487 e. The van der Waals surface area contributed by atoms with Gasteiger partial charge in [-0.1, -0.05) is 23.4 Å². The quantitative estimate of drug-likeness (QED) is 0.652. The molecule has 6 nitrogen and oxygen atoms in total. The Bertz CT molecular complexity index is 793. The highest BCUT2D eigenvalue weighted by Gasteiger charge is 2.43. The lowest BCUT2D eigenvalue weighted by molar-refractivity contribution is 0.0396. The van der Waals surface area contributed by atoms with Gasteiger partial charge in [-0.2, -0.15) is 0 Å². The van der Waals surface area contributed by atoms with Gasteiger partial charge in [-0.05, 0) is 38.7 Å². The maximum Gasteiger partial charge on any atom is 0.191 e. The van der Waals surface area contributed by atoms with Crippen LogP contribution in [0.5, 0.6) is 5.75 Å². The van der Waals surface area contributed by atoms with Gasteiger partial charge in [-0.15, -0.1) is 0 Å². The zero-order valence-electron chi connectivity index (χ0n) is 15.4. The highest BCUT2D eigenvalue weighted by atomic mass is 16.5. The monoisotopic (exact) mass is 354 g/mol. The predicted octanol–water partition coefficient (Wildman–Crippen LogP) is 3.48. The zero-order valence-corrected chi connectivity index (χ0v) is 15.4. The first-order valence-electron chi connectivity index (χ1n) is 9.35. The molecule has 138 valence electrons. The molecule has 2 aliphatic rings. The van der Waals surface area contributed by atoms with Crippen LogP contribution in [-0.2, 0) is 6.54 Å². The van der Waals surface area contributed by atoms with Crippen molar-refractivity contribution in [2.24, 2.45) is 4.99 Å². The van der Waals surface area contributed by atoms with Gasteiger partial charge in [0, 0.05) is 25.1 Å². The summed E-state index contributed by atoms with van der Waals surface area (Å²) in [6.45, 7) is 2.47. The van der Waals surface area contributed by atoms with Crippen LogP contribution in [0.3, 0.4) is 0 Å². The van der Waals surface area contributed by atoms with E-state index < -0.39 is 0 Å². The lowest BCUT2D eigenvalue weighted by Crippen LogP contribution is -2.46. The summed E-state index contributed by atoms with van der Waals surface area (Å²) in [7, 11) is 1.79. The lowest BCUT2D eigenvalue weighted by Gasteiger charge is -2.40. The summed E-state index contributed by atoms with van der Waals surface area (Å²) in [5.74, 6) is 2.55. The number of guanidine groups is 1. The second-order valence-corrected chi connectivity index (χ2v) is 7.29. The summed E-state index contributed by atoms with van der Waals surface area (Å²) < 4.78 is 11.7. The number of hydrogen-bond acceptors (Lipinski definition) is 4. The molecule has 1 aliphatic heterocycles. The first kappa shape index (κ1) is 16.9. The third-order valence-corrected chi connectivity index (χ3v) is 5.35. The molecule has 1 fully saturated rings. The molecule has 0 radical (unpaired) electrons. The molecular weight excluding hydrogens is 328 g/mol. The van der Waals surface area contributed by atoms with E-state index in [-0.39, 0.29) is 11.6 Å². The van der Waals surface area contributed by atoms with Gasteiger partial charge >= 0.3 is 0 Å². The molecule has 4 rings (SSSR count). The van der Waals surface area contributed by atoms with E-state index in [1.165, 1.54) is 18.4 Å². The first-order chi connectivity index (χ1) is 12.7. The number of para-hydroxylation sites is 1. The Labute approximate surface area is 154 Å². The van der Waals surface area contributed by atoms with Crippen molar-refractivity contribution in [3.63, 3.8) is 0 Å². The van der Waals surface area contributed by atoms with Crippen LogP contribution in [0.25, 0.3) is 0 Å². The van der Waals surface area contributed by atoms with E-state index in [1.807, 2.05) is 19.1 Å². The SMILES string of the molecule is CN=C(NCc1cc(C)no1)NC1CC2(CCCC2)Oc2ccccc21. The number of rotatable bonds is 3. The molecular formula is C20H26N4O2. The number of nitrogens with one attached hydrogen (secondary N) is 2. The fraction of sp³-hybridized carbons (Fsp3) is 0.500. The second kappa shape index (κ2) is 7.02. The van der Waals surface area contributed by atoms with E-state index in [9.17, 15) is 0 Å². The summed E-state index contributed by atoms with van der Waals surface area (Å²) in [5, 5.41) is 10.8. The molecule has 1 unspecified atom stereocenters. The molecule has 1 aromatic heterocycles. The third kappa shape index (κ3) is 3.41. The Morgan fingerprint density at radius 2 is 2.12 bits per heavy atom. The van der Waals surface area contributed by atoms with Crippen LogP contribution in [-0.4, -0.2) is 23.8 Å². The summed E-state index contributed by atoms with van der Waals surface area (Å²) in [5.41, 5.74) is 2.04. The van der Waals surface area contributed by atoms with Crippen molar-refractivity contribution in [3.05, 3.63) is 47.3 Å². The Morgan fingerprint density at radius 3 is 2.85 bits per heavy atom. The maximum atomic E-state index is 6.43. The minimum Gasteiger partial charge on any atom is -0.487 e. The minimum absolute atomic E-state index is 0.0348. The maximum absolute atomic E-state index is 6.43. The molecule has 0 bridgehead atoms. The van der Waals surface area contributed by atoms with Crippen molar-refractivity contribution in [1.82, 2.24) is 15.8 Å². The summed E-state index contributed by atoms with van der Waals surface area (Å²) in [4.78, 5) is 4.38. The van der Waals surface area contributed by atoms with Crippen LogP contribution in [0.1, 0.15) is 55.2 Å². The van der Waals surface area contributed by atoms with E-state index in [4.69, 9.17) is 9.26 Å². The number of nitrogens with zero attached hydrogens (tertiary/aromatic N) is 2. The van der Waals surface area contributed by atoms with Crippen molar-refractivity contribution in [3.8, 4) is 5.75 Å². The minimum atomic E-state index is -0.0348. The molecule has 2 heterocycles. The van der Waals surface area contributed by atoms with Gasteiger partial charge in [0.25, 0.3) is 0 Å². The summed E-state index contributed by atoms with van der Waals surface area (Å²) in [6.07, 6.45) is 5.71. The Hall–Kier alpha value is -2.50. The topological polar surface area (TPSA) is 71.7 Å². The molecule has 0 amide bonds. The van der Waals surface area contributed by atoms with Crippen LogP contribution in [0, 0.1) is 6.92 Å². The van der Waals surface area contributed by atoms with Crippen molar-refractivity contribution < 1.29 is 9.26 Å². The van der Waals surface area contributed by atoms with E-state index in [0.29, 0.717) is 6.54 Å². The van der Waals surface area contributed by atoms with Gasteiger partial charge in [-0.25, -0.2) is 0 Å². The average Bonchev–Trinajstić information content (AvgIpc) is 3.27. The molecule has 1 aromatic carbocycles. The fourth-order valence-electron chi connectivity index (χ4n) is 4.10. The smallest absolute Gasteiger partial charge is 0.191 e. The van der Waals surface area contributed by atoms with Crippen molar-refractivity contribution in [2.45, 2.75) is 57.2 Å². The number of aromatic nitrogens is 1. The number of fused-ring (bicyclic) bond motifs is 1. The highest BCUT2D eigenvalue weighted by molar-refractivity contribution is 5.80. The lowest BCUT2D eigenvalue weighted by atomic mass is 9.86. The van der Waals surface area contributed by atoms with Gasteiger partial charge < -0.3 is 19.9 Å². The Kier molecular flexibility index (Phi) is 4.57. The molecule has 0 saturated heterocycles. The molecule has 2 aromatic rings. The molecule has 1 aliphatic carbocycles. The molecule has 1 saturated carbocycles. The molecule has 26 heavy (non-hydrogen) atoms. The van der Waals surface area contributed by atoms with Crippen molar-refractivity contribution in [2.75, 3.05) is 7.05 Å². The Balaban J connectivity index is 1.49. The summed E-state index contributed by atoms with van der Waals surface area (Å²) in [6, 6.07) is 10.4.